The number of nitrogens with zero attached hydrogens (tertiary/aromatic N) is 1. The van der Waals surface area contributed by atoms with Gasteiger partial charge in [0.2, 0.25) is 0 Å². The summed E-state index contributed by atoms with van der Waals surface area (Å²) in [6.07, 6.45) is 2.08. The van der Waals surface area contributed by atoms with Crippen LogP contribution in [0.15, 0.2) is 18.3 Å². The number of carboxylic acids is 1. The summed E-state index contributed by atoms with van der Waals surface area (Å²) in [6, 6.07) is 3.44. The fourth-order valence-corrected chi connectivity index (χ4v) is 1.32. The molecule has 14 heavy (non-hydrogen) atoms. The number of ether oxygens (including phenoxy) is 1. The fourth-order valence-electron chi connectivity index (χ4n) is 1.32. The van der Waals surface area contributed by atoms with E-state index in [0.717, 1.165) is 0 Å². The van der Waals surface area contributed by atoms with Gasteiger partial charge in [-0.1, -0.05) is 6.92 Å². The van der Waals surface area contributed by atoms with Gasteiger partial charge in [-0.05, 0) is 18.6 Å². The zero-order chi connectivity index (χ0) is 10.6. The van der Waals surface area contributed by atoms with Gasteiger partial charge >= 0.3 is 5.97 Å². The summed E-state index contributed by atoms with van der Waals surface area (Å²) in [4.78, 5) is 14.9. The van der Waals surface area contributed by atoms with Crippen LogP contribution in [0.2, 0.25) is 0 Å². The highest BCUT2D eigenvalue weighted by Gasteiger charge is 2.22. The Balaban J connectivity index is 3.08. The number of pyridine rings is 1. The lowest BCUT2D eigenvalue weighted by Crippen LogP contribution is -2.13. The molecule has 0 spiro atoms. The summed E-state index contributed by atoms with van der Waals surface area (Å²) in [5.74, 6) is -0.933. The maximum absolute atomic E-state index is 10.9. The Kier molecular flexibility index (Phi) is 3.45. The van der Waals surface area contributed by atoms with Crippen molar-refractivity contribution >= 4 is 5.97 Å². The van der Waals surface area contributed by atoms with Crippen LogP contribution in [0.25, 0.3) is 0 Å². The van der Waals surface area contributed by atoms with E-state index in [1.165, 1.54) is 7.11 Å². The summed E-state index contributed by atoms with van der Waals surface area (Å²) in [6.45, 7) is 1.81. The highest BCUT2D eigenvalue weighted by Crippen LogP contribution is 2.26. The van der Waals surface area contributed by atoms with Gasteiger partial charge in [-0.15, -0.1) is 0 Å². The first kappa shape index (κ1) is 10.5. The molecule has 0 aliphatic heterocycles. The van der Waals surface area contributed by atoms with E-state index in [9.17, 15) is 4.79 Å². The zero-order valence-corrected chi connectivity index (χ0v) is 8.23. The molecule has 0 unspecified atom stereocenters. The van der Waals surface area contributed by atoms with Gasteiger partial charge in [-0.2, -0.15) is 0 Å². The summed E-state index contributed by atoms with van der Waals surface area (Å²) >= 11 is 0. The summed E-state index contributed by atoms with van der Waals surface area (Å²) < 4.78 is 5.05. The molecule has 0 saturated carbocycles. The molecule has 0 aliphatic rings. The molecule has 1 atom stereocenters. The Morgan fingerprint density at radius 2 is 2.43 bits per heavy atom. The molecule has 0 radical (unpaired) electrons. The molecule has 1 heterocycles. The van der Waals surface area contributed by atoms with Crippen molar-refractivity contribution in [3.8, 4) is 5.75 Å². The number of methoxy groups -OCH3 is 1. The molecule has 1 aromatic heterocycles. The predicted molar refractivity (Wildman–Crippen MR) is 51.5 cm³/mol. The van der Waals surface area contributed by atoms with Gasteiger partial charge in [0.05, 0.1) is 12.8 Å². The van der Waals surface area contributed by atoms with Gasteiger partial charge in [0.15, 0.2) is 0 Å². The van der Waals surface area contributed by atoms with E-state index in [-0.39, 0.29) is 0 Å². The SMILES string of the molecule is CC[C@@H](C(=O)O)c1ncccc1OC. The van der Waals surface area contributed by atoms with Crippen molar-refractivity contribution in [1.29, 1.82) is 0 Å². The molecule has 0 bridgehead atoms. The molecule has 4 heteroatoms. The summed E-state index contributed by atoms with van der Waals surface area (Å²) in [7, 11) is 1.51. The number of hydrogen-bond acceptors (Lipinski definition) is 3. The van der Waals surface area contributed by atoms with Crippen molar-refractivity contribution in [2.45, 2.75) is 19.3 Å². The quantitative estimate of drug-likeness (QED) is 0.793. The van der Waals surface area contributed by atoms with Crippen molar-refractivity contribution in [2.24, 2.45) is 0 Å². The molecule has 0 aromatic carbocycles. The van der Waals surface area contributed by atoms with E-state index in [2.05, 4.69) is 4.98 Å². The smallest absolute Gasteiger partial charge is 0.312 e. The van der Waals surface area contributed by atoms with Crippen molar-refractivity contribution < 1.29 is 14.6 Å². The van der Waals surface area contributed by atoms with E-state index in [1.807, 2.05) is 6.92 Å². The number of aliphatic carboxylic acids is 1. The number of rotatable bonds is 4. The molecule has 1 rings (SSSR count). The van der Waals surface area contributed by atoms with Crippen LogP contribution >= 0.6 is 0 Å². The summed E-state index contributed by atoms with van der Waals surface area (Å²) in [5.41, 5.74) is 0.491. The standard InChI is InChI=1S/C10H13NO3/c1-3-7(10(12)13)9-8(14-2)5-4-6-11-9/h4-7H,3H2,1-2H3,(H,12,13)/t7-/m1/s1. The largest absolute Gasteiger partial charge is 0.495 e. The van der Waals surface area contributed by atoms with Crippen molar-refractivity contribution in [3.05, 3.63) is 24.0 Å². The fraction of sp³-hybridized carbons (Fsp3) is 0.400. The third-order valence-corrected chi connectivity index (χ3v) is 2.06. The minimum Gasteiger partial charge on any atom is -0.495 e. The van der Waals surface area contributed by atoms with E-state index in [4.69, 9.17) is 9.84 Å². The van der Waals surface area contributed by atoms with E-state index >= 15 is 0 Å². The molecule has 1 aromatic rings. The van der Waals surface area contributed by atoms with Crippen LogP contribution in [0.5, 0.6) is 5.75 Å². The number of carboxylic acid groups (broad SMARTS) is 1. The third-order valence-electron chi connectivity index (χ3n) is 2.06. The first-order valence-electron chi connectivity index (χ1n) is 4.42. The molecular weight excluding hydrogens is 182 g/mol. The normalized spacial score (nSPS) is 12.1. The van der Waals surface area contributed by atoms with Crippen molar-refractivity contribution in [1.82, 2.24) is 4.98 Å². The lowest BCUT2D eigenvalue weighted by atomic mass is 10.0. The van der Waals surface area contributed by atoms with Crippen LogP contribution in [0.3, 0.4) is 0 Å². The second-order valence-electron chi connectivity index (χ2n) is 2.89. The van der Waals surface area contributed by atoms with Gasteiger partial charge in [0.1, 0.15) is 11.7 Å². The van der Waals surface area contributed by atoms with Crippen molar-refractivity contribution in [2.75, 3.05) is 7.11 Å². The van der Waals surface area contributed by atoms with E-state index in [0.29, 0.717) is 17.9 Å². The van der Waals surface area contributed by atoms with Crippen LogP contribution in [-0.4, -0.2) is 23.2 Å². The Labute approximate surface area is 82.5 Å². The molecule has 0 aliphatic carbocycles. The van der Waals surface area contributed by atoms with Crippen LogP contribution < -0.4 is 4.74 Å². The average Bonchev–Trinajstić information content (AvgIpc) is 2.19. The van der Waals surface area contributed by atoms with E-state index < -0.39 is 11.9 Å². The first-order chi connectivity index (χ1) is 6.70. The van der Waals surface area contributed by atoms with Crippen LogP contribution in [0.4, 0.5) is 0 Å². The van der Waals surface area contributed by atoms with Gasteiger partial charge < -0.3 is 9.84 Å². The van der Waals surface area contributed by atoms with Gasteiger partial charge in [0, 0.05) is 6.20 Å². The van der Waals surface area contributed by atoms with Crippen molar-refractivity contribution in [3.63, 3.8) is 0 Å². The number of hydrogen-bond donors (Lipinski definition) is 1. The van der Waals surface area contributed by atoms with Gasteiger partial charge in [0.25, 0.3) is 0 Å². The second-order valence-corrected chi connectivity index (χ2v) is 2.89. The average molecular weight is 195 g/mol. The molecule has 0 saturated heterocycles. The monoisotopic (exact) mass is 195 g/mol. The molecule has 76 valence electrons. The lowest BCUT2D eigenvalue weighted by molar-refractivity contribution is -0.139. The first-order valence-corrected chi connectivity index (χ1v) is 4.42. The van der Waals surface area contributed by atoms with Crippen LogP contribution in [0, 0.1) is 0 Å². The lowest BCUT2D eigenvalue weighted by Gasteiger charge is -2.12. The number of carbonyl (C=O) groups is 1. The van der Waals surface area contributed by atoms with Crippen LogP contribution in [-0.2, 0) is 4.79 Å². The Morgan fingerprint density at radius 1 is 1.71 bits per heavy atom. The minimum atomic E-state index is -0.871. The highest BCUT2D eigenvalue weighted by atomic mass is 16.5. The summed E-state index contributed by atoms with van der Waals surface area (Å²) in [5, 5.41) is 8.95. The zero-order valence-electron chi connectivity index (χ0n) is 8.23. The molecule has 1 N–H and O–H groups in total. The Morgan fingerprint density at radius 3 is 2.93 bits per heavy atom. The van der Waals surface area contributed by atoms with Crippen LogP contribution in [0.1, 0.15) is 25.0 Å². The van der Waals surface area contributed by atoms with Gasteiger partial charge in [-0.3, -0.25) is 9.78 Å². The molecule has 4 nitrogen and oxygen atoms in total. The second kappa shape index (κ2) is 4.60. The van der Waals surface area contributed by atoms with Gasteiger partial charge in [-0.25, -0.2) is 0 Å². The topological polar surface area (TPSA) is 59.4 Å². The Bertz CT molecular complexity index is 325. The molecule has 0 amide bonds. The molecular formula is C10H13NO3. The third kappa shape index (κ3) is 2.02. The highest BCUT2D eigenvalue weighted by molar-refractivity contribution is 5.76. The minimum absolute atomic E-state index is 0.491. The maximum atomic E-state index is 10.9. The maximum Gasteiger partial charge on any atom is 0.312 e. The molecule has 0 fully saturated rings. The predicted octanol–water partition coefficient (Wildman–Crippen LogP) is 1.67. The Hall–Kier alpha value is -1.58. The number of aromatic nitrogens is 1. The van der Waals surface area contributed by atoms with E-state index in [1.54, 1.807) is 18.3 Å².